The Balaban J connectivity index is 2.16. The second kappa shape index (κ2) is 4.42. The minimum Gasteiger partial charge on any atom is -0.387 e. The molecule has 2 rings (SSSR count). The molecule has 0 aromatic heterocycles. The van der Waals surface area contributed by atoms with Crippen molar-refractivity contribution in [2.75, 3.05) is 13.2 Å². The van der Waals surface area contributed by atoms with Crippen molar-refractivity contribution in [3.8, 4) is 0 Å². The van der Waals surface area contributed by atoms with Gasteiger partial charge in [0.15, 0.2) is 0 Å². The molecule has 0 bridgehead atoms. The van der Waals surface area contributed by atoms with Crippen molar-refractivity contribution in [3.63, 3.8) is 0 Å². The van der Waals surface area contributed by atoms with E-state index in [1.165, 1.54) is 0 Å². The van der Waals surface area contributed by atoms with Crippen LogP contribution in [0.5, 0.6) is 0 Å². The smallest absolute Gasteiger partial charge is 0.0942 e. The SMILES string of the molecule is OC1(Cc2ccc(Br)cc2Cl)CCOC1. The Bertz CT molecular complexity index is 362. The Hall–Kier alpha value is -0.0900. The van der Waals surface area contributed by atoms with Crippen molar-refractivity contribution >= 4 is 27.5 Å². The van der Waals surface area contributed by atoms with E-state index < -0.39 is 5.60 Å². The van der Waals surface area contributed by atoms with Crippen LogP contribution in [0.4, 0.5) is 0 Å². The van der Waals surface area contributed by atoms with E-state index in [4.69, 9.17) is 16.3 Å². The molecule has 0 spiro atoms. The van der Waals surface area contributed by atoms with Crippen molar-refractivity contribution in [1.82, 2.24) is 0 Å². The van der Waals surface area contributed by atoms with Crippen LogP contribution in [0, 0.1) is 0 Å². The van der Waals surface area contributed by atoms with Crippen molar-refractivity contribution < 1.29 is 9.84 Å². The zero-order valence-corrected chi connectivity index (χ0v) is 10.5. The lowest BCUT2D eigenvalue weighted by molar-refractivity contribution is 0.0271. The second-order valence-corrected chi connectivity index (χ2v) is 5.26. The van der Waals surface area contributed by atoms with E-state index in [-0.39, 0.29) is 0 Å². The summed E-state index contributed by atoms with van der Waals surface area (Å²) in [6.45, 7) is 1.03. The molecular formula is C11H12BrClO2. The third kappa shape index (κ3) is 2.72. The van der Waals surface area contributed by atoms with Gasteiger partial charge in [-0.3, -0.25) is 0 Å². The summed E-state index contributed by atoms with van der Waals surface area (Å²) in [5.74, 6) is 0. The normalized spacial score (nSPS) is 25.8. The quantitative estimate of drug-likeness (QED) is 0.908. The third-order valence-corrected chi connectivity index (χ3v) is 3.46. The first kappa shape index (κ1) is 11.4. The topological polar surface area (TPSA) is 29.5 Å². The first-order valence-electron chi connectivity index (χ1n) is 4.83. The maximum Gasteiger partial charge on any atom is 0.0942 e. The van der Waals surface area contributed by atoms with Gasteiger partial charge in [0.05, 0.1) is 12.2 Å². The van der Waals surface area contributed by atoms with Gasteiger partial charge >= 0.3 is 0 Å². The number of halogens is 2. The lowest BCUT2D eigenvalue weighted by atomic mass is 9.94. The summed E-state index contributed by atoms with van der Waals surface area (Å²) in [6.07, 6.45) is 1.23. The fraction of sp³-hybridized carbons (Fsp3) is 0.455. The molecule has 1 fully saturated rings. The van der Waals surface area contributed by atoms with Gasteiger partial charge in [0.25, 0.3) is 0 Å². The third-order valence-electron chi connectivity index (χ3n) is 2.62. The van der Waals surface area contributed by atoms with E-state index in [9.17, 15) is 5.11 Å². The molecule has 1 N–H and O–H groups in total. The van der Waals surface area contributed by atoms with Gasteiger partial charge in [0.2, 0.25) is 0 Å². The number of ether oxygens (including phenoxy) is 1. The molecule has 1 aromatic rings. The molecule has 1 aliphatic heterocycles. The van der Waals surface area contributed by atoms with Gasteiger partial charge in [0, 0.05) is 28.9 Å². The second-order valence-electron chi connectivity index (χ2n) is 3.94. The fourth-order valence-corrected chi connectivity index (χ4v) is 2.50. The molecule has 0 amide bonds. The molecule has 1 saturated heterocycles. The van der Waals surface area contributed by atoms with E-state index in [2.05, 4.69) is 15.9 Å². The minimum atomic E-state index is -0.739. The standard InChI is InChI=1S/C11H12BrClO2/c12-9-2-1-8(10(13)5-9)6-11(14)3-4-15-7-11/h1-2,5,14H,3-4,6-7H2. The molecule has 0 radical (unpaired) electrons. The number of hydrogen-bond donors (Lipinski definition) is 1. The van der Waals surface area contributed by atoms with Gasteiger partial charge in [-0.2, -0.15) is 0 Å². The highest BCUT2D eigenvalue weighted by Gasteiger charge is 2.32. The van der Waals surface area contributed by atoms with Gasteiger partial charge in [0.1, 0.15) is 0 Å². The summed E-state index contributed by atoms with van der Waals surface area (Å²) < 4.78 is 6.14. The predicted molar refractivity (Wildman–Crippen MR) is 63.2 cm³/mol. The van der Waals surface area contributed by atoms with Gasteiger partial charge in [-0.25, -0.2) is 0 Å². The van der Waals surface area contributed by atoms with Crippen molar-refractivity contribution in [2.45, 2.75) is 18.4 Å². The summed E-state index contributed by atoms with van der Waals surface area (Å²) in [6, 6.07) is 5.71. The molecular weight excluding hydrogens is 279 g/mol. The summed E-state index contributed by atoms with van der Waals surface area (Å²) in [5.41, 5.74) is 0.227. The van der Waals surface area contributed by atoms with Crippen molar-refractivity contribution in [2.24, 2.45) is 0 Å². The zero-order chi connectivity index (χ0) is 10.9. The van der Waals surface area contributed by atoms with Crippen LogP contribution >= 0.6 is 27.5 Å². The lowest BCUT2D eigenvalue weighted by Crippen LogP contribution is -2.31. The molecule has 15 heavy (non-hydrogen) atoms. The summed E-state index contributed by atoms with van der Waals surface area (Å²) >= 11 is 9.44. The monoisotopic (exact) mass is 290 g/mol. The first-order valence-corrected chi connectivity index (χ1v) is 6.00. The number of hydrogen-bond acceptors (Lipinski definition) is 2. The van der Waals surface area contributed by atoms with E-state index in [1.54, 1.807) is 0 Å². The van der Waals surface area contributed by atoms with Crippen LogP contribution in [0.15, 0.2) is 22.7 Å². The highest BCUT2D eigenvalue weighted by Crippen LogP contribution is 2.28. The summed E-state index contributed by atoms with van der Waals surface area (Å²) in [4.78, 5) is 0. The Labute approximate surface area is 102 Å². The number of benzene rings is 1. The minimum absolute atomic E-state index is 0.402. The van der Waals surface area contributed by atoms with Crippen LogP contribution in [0.1, 0.15) is 12.0 Å². The van der Waals surface area contributed by atoms with Crippen molar-refractivity contribution in [3.05, 3.63) is 33.3 Å². The summed E-state index contributed by atoms with van der Waals surface area (Å²) in [5, 5.41) is 10.8. The molecule has 1 aliphatic rings. The van der Waals surface area contributed by atoms with E-state index in [1.807, 2.05) is 18.2 Å². The van der Waals surface area contributed by atoms with E-state index >= 15 is 0 Å². The zero-order valence-electron chi connectivity index (χ0n) is 8.17. The summed E-state index contributed by atoms with van der Waals surface area (Å²) in [7, 11) is 0. The number of rotatable bonds is 2. The Kier molecular flexibility index (Phi) is 3.36. The molecule has 0 aliphatic carbocycles. The average molecular weight is 292 g/mol. The molecule has 1 aromatic carbocycles. The lowest BCUT2D eigenvalue weighted by Gasteiger charge is -2.20. The molecule has 2 nitrogen and oxygen atoms in total. The molecule has 1 heterocycles. The predicted octanol–water partition coefficient (Wildman–Crippen LogP) is 2.80. The molecule has 82 valence electrons. The van der Waals surface area contributed by atoms with Crippen molar-refractivity contribution in [1.29, 1.82) is 0 Å². The maximum atomic E-state index is 10.1. The van der Waals surface area contributed by atoms with Crippen LogP contribution in [0.3, 0.4) is 0 Å². The molecule has 1 unspecified atom stereocenters. The molecule has 0 saturated carbocycles. The Morgan fingerprint density at radius 3 is 2.93 bits per heavy atom. The van der Waals surface area contributed by atoms with E-state index in [0.29, 0.717) is 31.1 Å². The maximum absolute atomic E-state index is 10.1. The van der Waals surface area contributed by atoms with Gasteiger partial charge in [-0.05, 0) is 17.7 Å². The Morgan fingerprint density at radius 1 is 1.53 bits per heavy atom. The van der Waals surface area contributed by atoms with Crippen LogP contribution in [-0.4, -0.2) is 23.9 Å². The fourth-order valence-electron chi connectivity index (χ4n) is 1.76. The van der Waals surface area contributed by atoms with Crippen LogP contribution < -0.4 is 0 Å². The van der Waals surface area contributed by atoms with Gasteiger partial charge in [-0.15, -0.1) is 0 Å². The van der Waals surface area contributed by atoms with Gasteiger partial charge in [-0.1, -0.05) is 33.6 Å². The first-order chi connectivity index (χ1) is 7.09. The molecule has 1 atom stereocenters. The van der Waals surface area contributed by atoms with Crippen LogP contribution in [0.2, 0.25) is 5.02 Å². The average Bonchev–Trinajstić information content (AvgIpc) is 2.58. The van der Waals surface area contributed by atoms with E-state index in [0.717, 1.165) is 10.0 Å². The Morgan fingerprint density at radius 2 is 2.33 bits per heavy atom. The largest absolute Gasteiger partial charge is 0.387 e. The molecule has 4 heteroatoms. The highest BCUT2D eigenvalue weighted by molar-refractivity contribution is 9.10. The number of aliphatic hydroxyl groups is 1. The van der Waals surface area contributed by atoms with Crippen LogP contribution in [0.25, 0.3) is 0 Å². The van der Waals surface area contributed by atoms with Crippen LogP contribution in [-0.2, 0) is 11.2 Å². The van der Waals surface area contributed by atoms with Gasteiger partial charge < -0.3 is 9.84 Å². The highest BCUT2D eigenvalue weighted by atomic mass is 79.9.